The van der Waals surface area contributed by atoms with Crippen LogP contribution in [0, 0.1) is 0 Å². The van der Waals surface area contributed by atoms with Gasteiger partial charge in [0.15, 0.2) is 0 Å². The van der Waals surface area contributed by atoms with Crippen molar-refractivity contribution in [3.05, 3.63) is 65.2 Å². The largest absolute Gasteiger partial charge is 0.496 e. The van der Waals surface area contributed by atoms with Gasteiger partial charge >= 0.3 is 5.97 Å². The highest BCUT2D eigenvalue weighted by molar-refractivity contribution is 5.88. The second kappa shape index (κ2) is 9.15. The third-order valence-electron chi connectivity index (χ3n) is 5.05. The van der Waals surface area contributed by atoms with E-state index in [0.29, 0.717) is 18.8 Å². The molecule has 0 saturated carbocycles. The molecule has 1 unspecified atom stereocenters. The van der Waals surface area contributed by atoms with Crippen LogP contribution in [0.5, 0.6) is 11.5 Å². The molecule has 0 spiro atoms. The molecule has 0 aromatic heterocycles. The minimum atomic E-state index is -0.548. The van der Waals surface area contributed by atoms with Crippen LogP contribution in [0.25, 0.3) is 6.08 Å². The number of epoxide rings is 1. The summed E-state index contributed by atoms with van der Waals surface area (Å²) in [5.41, 5.74) is 2.07. The molecule has 2 aromatic carbocycles. The number of benzene rings is 2. The molecule has 0 radical (unpaired) electrons. The average Bonchev–Trinajstić information content (AvgIpc) is 3.30. The summed E-state index contributed by atoms with van der Waals surface area (Å²) >= 11 is 0. The molecule has 0 bridgehead atoms. The van der Waals surface area contributed by atoms with Crippen molar-refractivity contribution in [2.45, 2.75) is 65.0 Å². The van der Waals surface area contributed by atoms with Crippen molar-refractivity contribution in [3.63, 3.8) is 0 Å². The van der Waals surface area contributed by atoms with Gasteiger partial charge in [0.1, 0.15) is 23.7 Å². The highest BCUT2D eigenvalue weighted by Crippen LogP contribution is 2.43. The van der Waals surface area contributed by atoms with Gasteiger partial charge in [-0.15, -0.1) is 0 Å². The van der Waals surface area contributed by atoms with Gasteiger partial charge in [0.05, 0.1) is 18.8 Å². The van der Waals surface area contributed by atoms with Crippen LogP contribution < -0.4 is 9.47 Å². The van der Waals surface area contributed by atoms with Gasteiger partial charge in [-0.25, -0.2) is 4.79 Å². The van der Waals surface area contributed by atoms with Gasteiger partial charge in [0, 0.05) is 23.6 Å². The van der Waals surface area contributed by atoms with E-state index in [9.17, 15) is 4.79 Å². The van der Waals surface area contributed by atoms with E-state index >= 15 is 0 Å². The number of esters is 1. The highest BCUT2D eigenvalue weighted by Gasteiger charge is 2.48. The molecule has 1 aliphatic rings. The third-order valence-corrected chi connectivity index (χ3v) is 5.05. The Labute approximate surface area is 185 Å². The molecule has 1 fully saturated rings. The molecule has 0 amide bonds. The second-order valence-corrected chi connectivity index (χ2v) is 9.22. The number of carbonyl (C=O) groups excluding carboxylic acids is 1. The summed E-state index contributed by atoms with van der Waals surface area (Å²) in [7, 11) is 1.65. The van der Waals surface area contributed by atoms with Crippen LogP contribution in [-0.2, 0) is 27.3 Å². The molecule has 31 heavy (non-hydrogen) atoms. The summed E-state index contributed by atoms with van der Waals surface area (Å²) in [6, 6.07) is 13.8. The van der Waals surface area contributed by atoms with E-state index in [1.165, 1.54) is 6.08 Å². The summed E-state index contributed by atoms with van der Waals surface area (Å²) in [6.45, 7) is 10.1. The number of carbonyl (C=O) groups is 1. The number of hydrogen-bond acceptors (Lipinski definition) is 5. The van der Waals surface area contributed by atoms with E-state index in [2.05, 4.69) is 13.8 Å². The smallest absolute Gasteiger partial charge is 0.331 e. The molecule has 0 N–H and O–H groups in total. The summed E-state index contributed by atoms with van der Waals surface area (Å²) < 4.78 is 23.1. The van der Waals surface area contributed by atoms with Crippen LogP contribution in [0.15, 0.2) is 48.5 Å². The lowest BCUT2D eigenvalue weighted by Gasteiger charge is -2.19. The van der Waals surface area contributed by atoms with Gasteiger partial charge in [-0.1, -0.05) is 30.3 Å². The van der Waals surface area contributed by atoms with E-state index in [1.54, 1.807) is 13.2 Å². The van der Waals surface area contributed by atoms with Crippen LogP contribution in [0.4, 0.5) is 0 Å². The van der Waals surface area contributed by atoms with Gasteiger partial charge in [-0.3, -0.25) is 0 Å². The van der Waals surface area contributed by atoms with Crippen molar-refractivity contribution < 1.29 is 23.7 Å². The Morgan fingerprint density at radius 1 is 1.13 bits per heavy atom. The maximum Gasteiger partial charge on any atom is 0.331 e. The number of rotatable bonds is 8. The lowest BCUT2D eigenvalue weighted by Crippen LogP contribution is -2.22. The van der Waals surface area contributed by atoms with E-state index in [0.717, 1.165) is 22.4 Å². The summed E-state index contributed by atoms with van der Waals surface area (Å²) in [5, 5.41) is 0. The van der Waals surface area contributed by atoms with Crippen molar-refractivity contribution in [1.29, 1.82) is 0 Å². The van der Waals surface area contributed by atoms with E-state index in [-0.39, 0.29) is 11.7 Å². The van der Waals surface area contributed by atoms with Crippen LogP contribution in [-0.4, -0.2) is 30.4 Å². The number of ether oxygens (including phenoxy) is 4. The average molecular weight is 425 g/mol. The Morgan fingerprint density at radius 2 is 1.81 bits per heavy atom. The van der Waals surface area contributed by atoms with Crippen LogP contribution in [0.3, 0.4) is 0 Å². The van der Waals surface area contributed by atoms with Crippen LogP contribution >= 0.6 is 0 Å². The van der Waals surface area contributed by atoms with Gasteiger partial charge < -0.3 is 18.9 Å². The fourth-order valence-electron chi connectivity index (χ4n) is 3.34. The van der Waals surface area contributed by atoms with Gasteiger partial charge in [0.25, 0.3) is 0 Å². The molecule has 1 atom stereocenters. The summed E-state index contributed by atoms with van der Waals surface area (Å²) in [6.07, 6.45) is 3.92. The first kappa shape index (κ1) is 22.9. The monoisotopic (exact) mass is 424 g/mol. The molecular weight excluding hydrogens is 392 g/mol. The first-order chi connectivity index (χ1) is 14.6. The van der Waals surface area contributed by atoms with E-state index in [4.69, 9.17) is 18.9 Å². The van der Waals surface area contributed by atoms with E-state index in [1.807, 2.05) is 63.2 Å². The Kier molecular flexibility index (Phi) is 6.75. The van der Waals surface area contributed by atoms with Crippen LogP contribution in [0.2, 0.25) is 0 Å². The van der Waals surface area contributed by atoms with Gasteiger partial charge in [-0.2, -0.15) is 0 Å². The molecule has 1 saturated heterocycles. The fraction of sp³-hybridized carbons (Fsp3) is 0.423. The maximum atomic E-state index is 12.2. The lowest BCUT2D eigenvalue weighted by molar-refractivity contribution is -0.148. The molecular formula is C26H32O5. The second-order valence-electron chi connectivity index (χ2n) is 9.22. The first-order valence-corrected chi connectivity index (χ1v) is 10.5. The van der Waals surface area contributed by atoms with E-state index < -0.39 is 11.6 Å². The predicted molar refractivity (Wildman–Crippen MR) is 121 cm³/mol. The minimum absolute atomic E-state index is 0.0885. The lowest BCUT2D eigenvalue weighted by atomic mass is 9.98. The Morgan fingerprint density at radius 3 is 2.39 bits per heavy atom. The zero-order chi connectivity index (χ0) is 22.6. The minimum Gasteiger partial charge on any atom is -0.496 e. The van der Waals surface area contributed by atoms with Gasteiger partial charge in [0.2, 0.25) is 0 Å². The Balaban J connectivity index is 1.93. The SMILES string of the molecule is COc1ccc(/C=C\C(=O)OC(C)(C)C)c(OCc2ccccc2)c1CC1OC1(C)C. The number of hydrogen-bond donors (Lipinski definition) is 0. The van der Waals surface area contributed by atoms with Crippen molar-refractivity contribution in [1.82, 2.24) is 0 Å². The van der Waals surface area contributed by atoms with Crippen LogP contribution in [0.1, 0.15) is 51.3 Å². The molecule has 1 heterocycles. The molecule has 2 aromatic rings. The fourth-order valence-corrected chi connectivity index (χ4v) is 3.34. The maximum absolute atomic E-state index is 12.2. The molecule has 3 rings (SSSR count). The summed E-state index contributed by atoms with van der Waals surface area (Å²) in [4.78, 5) is 12.2. The standard InChI is InChI=1S/C26H32O5/c1-25(2,3)31-23(27)15-13-19-12-14-21(28-6)20(16-22-26(4,5)30-22)24(19)29-17-18-10-8-7-9-11-18/h7-15,22H,16-17H2,1-6H3/b15-13-. The topological polar surface area (TPSA) is 57.3 Å². The van der Waals surface area contributed by atoms with Gasteiger partial charge in [-0.05, 0) is 58.4 Å². The Hall–Kier alpha value is -2.79. The molecule has 0 aliphatic carbocycles. The quantitative estimate of drug-likeness (QED) is 0.325. The number of methoxy groups -OCH3 is 1. The molecule has 5 heteroatoms. The zero-order valence-electron chi connectivity index (χ0n) is 19.2. The molecule has 166 valence electrons. The van der Waals surface area contributed by atoms with Crippen molar-refractivity contribution >= 4 is 12.0 Å². The Bertz CT molecular complexity index is 938. The van der Waals surface area contributed by atoms with Crippen molar-refractivity contribution in [3.8, 4) is 11.5 Å². The summed E-state index contributed by atoms with van der Waals surface area (Å²) in [5.74, 6) is 1.03. The zero-order valence-corrected chi connectivity index (χ0v) is 19.2. The first-order valence-electron chi connectivity index (χ1n) is 10.5. The molecule has 1 aliphatic heterocycles. The highest BCUT2D eigenvalue weighted by atomic mass is 16.6. The normalized spacial score (nSPS) is 17.4. The van der Waals surface area contributed by atoms with Crippen molar-refractivity contribution in [2.75, 3.05) is 7.11 Å². The molecule has 5 nitrogen and oxygen atoms in total. The van der Waals surface area contributed by atoms with Crippen molar-refractivity contribution in [2.24, 2.45) is 0 Å². The predicted octanol–water partition coefficient (Wildman–Crippen LogP) is 5.35. The third kappa shape index (κ3) is 6.34.